The SMILES string of the molecule is CCC1C(=O)NCCN1S(=O)(=O)c1c(Cl)cc(N)cc1Cl. The smallest absolute Gasteiger partial charge is 0.246 e. The van der Waals surface area contributed by atoms with Gasteiger partial charge in [0.05, 0.1) is 10.0 Å². The van der Waals surface area contributed by atoms with Gasteiger partial charge in [-0.05, 0) is 18.6 Å². The molecule has 0 radical (unpaired) electrons. The Balaban J connectivity index is 2.54. The molecule has 116 valence electrons. The summed E-state index contributed by atoms with van der Waals surface area (Å²) in [7, 11) is -3.98. The summed E-state index contributed by atoms with van der Waals surface area (Å²) < 4.78 is 26.7. The first-order chi connectivity index (χ1) is 9.78. The highest BCUT2D eigenvalue weighted by Gasteiger charge is 2.39. The molecule has 0 aromatic heterocycles. The summed E-state index contributed by atoms with van der Waals surface area (Å²) in [4.78, 5) is 11.6. The van der Waals surface area contributed by atoms with Gasteiger partial charge in [-0.15, -0.1) is 0 Å². The van der Waals surface area contributed by atoms with Crippen LogP contribution < -0.4 is 11.1 Å². The summed E-state index contributed by atoms with van der Waals surface area (Å²) in [6.45, 7) is 2.16. The minimum absolute atomic E-state index is 0.0548. The third kappa shape index (κ3) is 2.96. The zero-order valence-electron chi connectivity index (χ0n) is 11.3. The number of hydrogen-bond acceptors (Lipinski definition) is 4. The lowest BCUT2D eigenvalue weighted by atomic mass is 10.2. The Morgan fingerprint density at radius 1 is 1.38 bits per heavy atom. The lowest BCUT2D eigenvalue weighted by Crippen LogP contribution is -2.56. The van der Waals surface area contributed by atoms with Gasteiger partial charge in [0.1, 0.15) is 10.9 Å². The van der Waals surface area contributed by atoms with Crippen molar-refractivity contribution in [1.82, 2.24) is 9.62 Å². The van der Waals surface area contributed by atoms with Crippen molar-refractivity contribution in [2.24, 2.45) is 0 Å². The van der Waals surface area contributed by atoms with Crippen molar-refractivity contribution in [2.45, 2.75) is 24.3 Å². The third-order valence-corrected chi connectivity index (χ3v) is 6.09. The summed E-state index contributed by atoms with van der Waals surface area (Å²) in [5.41, 5.74) is 5.85. The fraction of sp³-hybridized carbons (Fsp3) is 0.417. The Kier molecular flexibility index (Phi) is 4.67. The standard InChI is InChI=1S/C12H15Cl2N3O3S/c1-2-10-12(18)16-3-4-17(10)21(19,20)11-8(13)5-7(15)6-9(11)14/h5-6,10H,2-4,15H2,1H3,(H,16,18). The van der Waals surface area contributed by atoms with Gasteiger partial charge in [0.15, 0.2) is 0 Å². The first-order valence-electron chi connectivity index (χ1n) is 6.33. The van der Waals surface area contributed by atoms with Crippen molar-refractivity contribution in [3.05, 3.63) is 22.2 Å². The van der Waals surface area contributed by atoms with Crippen LogP contribution in [0.3, 0.4) is 0 Å². The summed E-state index contributed by atoms with van der Waals surface area (Å²) >= 11 is 12.0. The van der Waals surface area contributed by atoms with E-state index in [2.05, 4.69) is 5.32 Å². The van der Waals surface area contributed by atoms with Crippen LogP contribution in [0.15, 0.2) is 17.0 Å². The van der Waals surface area contributed by atoms with E-state index < -0.39 is 16.1 Å². The number of carbonyl (C=O) groups excluding carboxylic acids is 1. The number of amides is 1. The Labute approximate surface area is 133 Å². The zero-order valence-corrected chi connectivity index (χ0v) is 13.6. The number of hydrogen-bond donors (Lipinski definition) is 2. The van der Waals surface area contributed by atoms with Crippen LogP contribution in [0.4, 0.5) is 5.69 Å². The highest BCUT2D eigenvalue weighted by atomic mass is 35.5. The Bertz CT molecular complexity index is 655. The molecule has 6 nitrogen and oxygen atoms in total. The van der Waals surface area contributed by atoms with Gasteiger partial charge in [-0.25, -0.2) is 8.42 Å². The molecule has 9 heteroatoms. The van der Waals surface area contributed by atoms with Gasteiger partial charge in [0.2, 0.25) is 15.9 Å². The number of halogens is 2. The second-order valence-electron chi connectivity index (χ2n) is 4.64. The zero-order chi connectivity index (χ0) is 15.8. The molecule has 0 saturated carbocycles. The lowest BCUT2D eigenvalue weighted by Gasteiger charge is -2.33. The Hall–Kier alpha value is -1.02. The van der Waals surface area contributed by atoms with Gasteiger partial charge in [0, 0.05) is 18.8 Å². The second kappa shape index (κ2) is 6.00. The summed E-state index contributed by atoms with van der Waals surface area (Å²) in [5.74, 6) is -0.324. The average molecular weight is 352 g/mol. The van der Waals surface area contributed by atoms with Gasteiger partial charge < -0.3 is 11.1 Å². The highest BCUT2D eigenvalue weighted by molar-refractivity contribution is 7.89. The minimum Gasteiger partial charge on any atom is -0.399 e. The quantitative estimate of drug-likeness (QED) is 0.806. The maximum absolute atomic E-state index is 12.8. The molecule has 1 unspecified atom stereocenters. The second-order valence-corrected chi connectivity index (χ2v) is 7.29. The molecule has 0 aliphatic carbocycles. The molecule has 1 saturated heterocycles. The van der Waals surface area contributed by atoms with E-state index in [4.69, 9.17) is 28.9 Å². The van der Waals surface area contributed by atoms with E-state index in [0.29, 0.717) is 6.42 Å². The van der Waals surface area contributed by atoms with Crippen molar-refractivity contribution in [3.63, 3.8) is 0 Å². The van der Waals surface area contributed by atoms with Crippen molar-refractivity contribution >= 4 is 44.8 Å². The van der Waals surface area contributed by atoms with E-state index in [1.165, 1.54) is 12.1 Å². The van der Waals surface area contributed by atoms with Crippen LogP contribution in [-0.2, 0) is 14.8 Å². The normalized spacial score (nSPS) is 20.3. The molecule has 1 fully saturated rings. The molecule has 1 atom stereocenters. The Morgan fingerprint density at radius 3 is 2.48 bits per heavy atom. The third-order valence-electron chi connectivity index (χ3n) is 3.26. The van der Waals surface area contributed by atoms with Gasteiger partial charge in [-0.3, -0.25) is 4.79 Å². The predicted octanol–water partition coefficient (Wildman–Crippen LogP) is 1.47. The topological polar surface area (TPSA) is 92.5 Å². The van der Waals surface area contributed by atoms with Crippen LogP contribution in [0.2, 0.25) is 10.0 Å². The number of sulfonamides is 1. The molecule has 1 aliphatic heterocycles. The fourth-order valence-corrected chi connectivity index (χ4v) is 5.16. The molecule has 0 spiro atoms. The van der Waals surface area contributed by atoms with Gasteiger partial charge in [-0.1, -0.05) is 30.1 Å². The monoisotopic (exact) mass is 351 g/mol. The average Bonchev–Trinajstić information content (AvgIpc) is 2.36. The van der Waals surface area contributed by atoms with Crippen molar-refractivity contribution in [3.8, 4) is 0 Å². The maximum atomic E-state index is 12.8. The van der Waals surface area contributed by atoms with E-state index in [-0.39, 0.29) is 39.6 Å². The first-order valence-corrected chi connectivity index (χ1v) is 8.52. The molecular formula is C12H15Cl2N3O3S. The fourth-order valence-electron chi connectivity index (χ4n) is 2.31. The molecular weight excluding hydrogens is 337 g/mol. The van der Waals surface area contributed by atoms with Crippen LogP contribution in [-0.4, -0.2) is 37.8 Å². The number of nitrogens with two attached hydrogens (primary N) is 1. The van der Waals surface area contributed by atoms with E-state index in [0.717, 1.165) is 4.31 Å². The lowest BCUT2D eigenvalue weighted by molar-refractivity contribution is -0.126. The number of piperazine rings is 1. The van der Waals surface area contributed by atoms with E-state index in [1.807, 2.05) is 0 Å². The van der Waals surface area contributed by atoms with E-state index in [1.54, 1.807) is 6.92 Å². The van der Waals surface area contributed by atoms with Gasteiger partial charge in [0.25, 0.3) is 0 Å². The van der Waals surface area contributed by atoms with Crippen molar-refractivity contribution < 1.29 is 13.2 Å². The van der Waals surface area contributed by atoms with E-state index in [9.17, 15) is 13.2 Å². The summed E-state index contributed by atoms with van der Waals surface area (Å²) in [5, 5.41) is 2.53. The van der Waals surface area contributed by atoms with Crippen LogP contribution >= 0.6 is 23.2 Å². The molecule has 1 aromatic carbocycles. The molecule has 1 aromatic rings. The van der Waals surface area contributed by atoms with Gasteiger partial charge in [-0.2, -0.15) is 4.31 Å². The van der Waals surface area contributed by atoms with Gasteiger partial charge >= 0.3 is 0 Å². The number of benzene rings is 1. The molecule has 1 heterocycles. The molecule has 2 rings (SSSR count). The van der Waals surface area contributed by atoms with Crippen molar-refractivity contribution in [2.75, 3.05) is 18.8 Å². The van der Waals surface area contributed by atoms with Crippen molar-refractivity contribution in [1.29, 1.82) is 0 Å². The Morgan fingerprint density at radius 2 is 1.95 bits per heavy atom. The molecule has 1 amide bonds. The predicted molar refractivity (Wildman–Crippen MR) is 81.9 cm³/mol. The first kappa shape index (κ1) is 16.4. The minimum atomic E-state index is -3.98. The number of nitrogens with one attached hydrogen (secondary N) is 1. The number of rotatable bonds is 3. The largest absolute Gasteiger partial charge is 0.399 e. The van der Waals surface area contributed by atoms with Crippen LogP contribution in [0.1, 0.15) is 13.3 Å². The number of carbonyl (C=O) groups is 1. The van der Waals surface area contributed by atoms with E-state index >= 15 is 0 Å². The summed E-state index contributed by atoms with van der Waals surface area (Å²) in [6.07, 6.45) is 0.356. The maximum Gasteiger partial charge on any atom is 0.246 e. The van der Waals surface area contributed by atoms with Crippen LogP contribution in [0, 0.1) is 0 Å². The number of nitrogens with zero attached hydrogens (tertiary/aromatic N) is 1. The molecule has 0 bridgehead atoms. The molecule has 1 aliphatic rings. The summed E-state index contributed by atoms with van der Waals surface area (Å²) in [6, 6.07) is 1.88. The van der Waals surface area contributed by atoms with Crippen LogP contribution in [0.5, 0.6) is 0 Å². The van der Waals surface area contributed by atoms with Crippen LogP contribution in [0.25, 0.3) is 0 Å². The molecule has 3 N–H and O–H groups in total. The number of nitrogen functional groups attached to an aromatic ring is 1. The number of anilines is 1. The highest BCUT2D eigenvalue weighted by Crippen LogP contribution is 2.35. The molecule has 21 heavy (non-hydrogen) atoms.